The lowest BCUT2D eigenvalue weighted by molar-refractivity contribution is -0.134. The highest BCUT2D eigenvalue weighted by Gasteiger charge is 2.33. The quantitative estimate of drug-likeness (QED) is 0.280. The zero-order chi connectivity index (χ0) is 9.84. The summed E-state index contributed by atoms with van der Waals surface area (Å²) in [5.41, 5.74) is 8.35. The summed E-state index contributed by atoms with van der Waals surface area (Å²) in [5.74, 6) is -0.744. The second-order valence-corrected chi connectivity index (χ2v) is 2.45. The number of nitrogens with zero attached hydrogens (tertiary/aromatic N) is 3. The van der Waals surface area contributed by atoms with Gasteiger partial charge in [0.05, 0.1) is 6.61 Å². The molecular formula is C6H6N4O2S. The van der Waals surface area contributed by atoms with Crippen LogP contribution in [0.15, 0.2) is 4.99 Å². The molecule has 0 amide bonds. The Morgan fingerprint density at radius 3 is 3.08 bits per heavy atom. The van der Waals surface area contributed by atoms with Crippen molar-refractivity contribution in [2.24, 2.45) is 4.99 Å². The number of carbonyl (C=O) groups excluding carboxylic acids is 1. The van der Waals surface area contributed by atoms with Crippen LogP contribution in [0.1, 0.15) is 6.92 Å². The van der Waals surface area contributed by atoms with Crippen molar-refractivity contribution in [2.45, 2.75) is 6.92 Å². The van der Waals surface area contributed by atoms with Gasteiger partial charge in [0.25, 0.3) is 10.8 Å². The molecule has 1 heterocycles. The Balaban J connectivity index is 2.90. The van der Waals surface area contributed by atoms with Gasteiger partial charge in [0.1, 0.15) is 0 Å². The van der Waals surface area contributed by atoms with Crippen molar-refractivity contribution in [2.75, 3.05) is 6.61 Å². The molecule has 1 rings (SSSR count). The molecule has 0 unspecified atom stereocenters. The van der Waals surface area contributed by atoms with E-state index < -0.39 is 5.97 Å². The lowest BCUT2D eigenvalue weighted by Crippen LogP contribution is -2.32. The van der Waals surface area contributed by atoms with Crippen molar-refractivity contribution in [3.63, 3.8) is 0 Å². The van der Waals surface area contributed by atoms with Crippen LogP contribution in [0, 0.1) is 0 Å². The molecule has 0 spiro atoms. The molecule has 0 atom stereocenters. The standard InChI is InChI=1S/C6H6N4O2S/c1-2-12-5(11)3-4(10-7)9-6(13)8-3/h2H2,1H3,(H,9,13). The number of aliphatic imine (C=N–C) groups is 1. The summed E-state index contributed by atoms with van der Waals surface area (Å²) < 4.78 is 4.64. The number of thiocarbonyl (C=S) groups is 1. The second kappa shape index (κ2) is 3.88. The van der Waals surface area contributed by atoms with E-state index in [1.54, 1.807) is 6.92 Å². The molecule has 68 valence electrons. The van der Waals surface area contributed by atoms with E-state index in [1.807, 2.05) is 0 Å². The zero-order valence-corrected chi connectivity index (χ0v) is 7.59. The fraction of sp³-hybridized carbons (Fsp3) is 0.333. The van der Waals surface area contributed by atoms with Crippen LogP contribution in [0.4, 0.5) is 0 Å². The monoisotopic (exact) mass is 198 g/mol. The van der Waals surface area contributed by atoms with Gasteiger partial charge in [-0.15, -0.1) is 0 Å². The first-order valence-corrected chi connectivity index (χ1v) is 3.89. The molecule has 0 saturated heterocycles. The zero-order valence-electron chi connectivity index (χ0n) is 6.77. The van der Waals surface area contributed by atoms with Crippen LogP contribution in [-0.4, -0.2) is 34.0 Å². The summed E-state index contributed by atoms with van der Waals surface area (Å²) in [6, 6.07) is 0. The largest absolute Gasteiger partial charge is 0.497 e. The SMILES string of the molecule is CCOC(=O)C1=NC(=S)NC1=[N+]=[N-]. The highest BCUT2D eigenvalue weighted by Crippen LogP contribution is 1.95. The van der Waals surface area contributed by atoms with Gasteiger partial charge in [0.15, 0.2) is 0 Å². The summed E-state index contributed by atoms with van der Waals surface area (Å²) in [5, 5.41) is 2.50. The summed E-state index contributed by atoms with van der Waals surface area (Å²) >= 11 is 4.64. The molecule has 7 heteroatoms. The minimum atomic E-state index is -0.664. The molecule has 1 aliphatic rings. The molecule has 1 N–H and O–H groups in total. The minimum Gasteiger partial charge on any atom is -0.497 e. The van der Waals surface area contributed by atoms with Gasteiger partial charge in [0, 0.05) is 0 Å². The van der Waals surface area contributed by atoms with E-state index in [-0.39, 0.29) is 23.3 Å². The van der Waals surface area contributed by atoms with Gasteiger partial charge in [-0.2, -0.15) is 10.3 Å². The van der Waals surface area contributed by atoms with Crippen LogP contribution in [-0.2, 0) is 9.53 Å². The molecule has 0 saturated carbocycles. The number of ether oxygens (including phenoxy) is 1. The number of carbonyl (C=O) groups is 1. The Morgan fingerprint density at radius 1 is 1.85 bits per heavy atom. The Morgan fingerprint density at radius 2 is 2.54 bits per heavy atom. The van der Waals surface area contributed by atoms with Gasteiger partial charge >= 0.3 is 11.8 Å². The van der Waals surface area contributed by atoms with E-state index in [0.717, 1.165) is 0 Å². The molecule has 0 aromatic carbocycles. The Bertz CT molecular complexity index is 343. The lowest BCUT2D eigenvalue weighted by Gasteiger charge is -1.95. The number of rotatable bonds is 2. The second-order valence-electron chi connectivity index (χ2n) is 2.06. The van der Waals surface area contributed by atoms with Gasteiger partial charge in [0.2, 0.25) is 0 Å². The predicted molar refractivity (Wildman–Crippen MR) is 48.4 cm³/mol. The van der Waals surface area contributed by atoms with Crippen LogP contribution >= 0.6 is 12.2 Å². The van der Waals surface area contributed by atoms with E-state index >= 15 is 0 Å². The molecule has 0 fully saturated rings. The third-order valence-electron chi connectivity index (χ3n) is 1.23. The van der Waals surface area contributed by atoms with Gasteiger partial charge in [-0.1, -0.05) is 0 Å². The van der Waals surface area contributed by atoms with Crippen LogP contribution < -0.4 is 5.32 Å². The van der Waals surface area contributed by atoms with E-state index in [2.05, 4.69) is 32.1 Å². The third kappa shape index (κ3) is 1.95. The van der Waals surface area contributed by atoms with Crippen LogP contribution in [0.3, 0.4) is 0 Å². The number of nitrogens with one attached hydrogen (secondary N) is 1. The molecule has 0 bridgehead atoms. The molecule has 0 aromatic heterocycles. The first kappa shape index (κ1) is 9.50. The lowest BCUT2D eigenvalue weighted by atomic mass is 10.3. The van der Waals surface area contributed by atoms with Crippen molar-refractivity contribution in [3.8, 4) is 0 Å². The smallest absolute Gasteiger partial charge is 0.393 e. The van der Waals surface area contributed by atoms with Gasteiger partial charge in [-0.3, -0.25) is 0 Å². The third-order valence-corrected chi connectivity index (χ3v) is 1.43. The highest BCUT2D eigenvalue weighted by molar-refractivity contribution is 7.80. The van der Waals surface area contributed by atoms with Crippen molar-refractivity contribution in [3.05, 3.63) is 5.53 Å². The van der Waals surface area contributed by atoms with Gasteiger partial charge in [-0.05, 0) is 19.1 Å². The highest BCUT2D eigenvalue weighted by atomic mass is 32.1. The van der Waals surface area contributed by atoms with Crippen molar-refractivity contribution >= 4 is 34.8 Å². The van der Waals surface area contributed by atoms with E-state index in [9.17, 15) is 4.79 Å². The van der Waals surface area contributed by atoms with Crippen LogP contribution in [0.2, 0.25) is 0 Å². The van der Waals surface area contributed by atoms with Crippen LogP contribution in [0.5, 0.6) is 0 Å². The Hall–Kier alpha value is -1.59. The number of hydrogen-bond donors (Lipinski definition) is 1. The molecular weight excluding hydrogens is 192 g/mol. The maximum Gasteiger partial charge on any atom is 0.393 e. The molecule has 1 aliphatic heterocycles. The van der Waals surface area contributed by atoms with Crippen molar-refractivity contribution < 1.29 is 14.3 Å². The average molecular weight is 198 g/mol. The van der Waals surface area contributed by atoms with Gasteiger partial charge < -0.3 is 15.1 Å². The Kier molecular flexibility index (Phi) is 2.84. The molecule has 0 radical (unpaired) electrons. The maximum atomic E-state index is 11.1. The first-order chi connectivity index (χ1) is 6.19. The molecule has 0 aromatic rings. The minimum absolute atomic E-state index is 0.0795. The van der Waals surface area contributed by atoms with Gasteiger partial charge in [-0.25, -0.2) is 4.79 Å². The van der Waals surface area contributed by atoms with Crippen LogP contribution in [0.25, 0.3) is 5.53 Å². The molecule has 13 heavy (non-hydrogen) atoms. The van der Waals surface area contributed by atoms with Crippen molar-refractivity contribution in [1.29, 1.82) is 0 Å². The normalized spacial score (nSPS) is 14.7. The topological polar surface area (TPSA) is 87.1 Å². The fourth-order valence-electron chi connectivity index (χ4n) is 0.757. The summed E-state index contributed by atoms with van der Waals surface area (Å²) in [6.07, 6.45) is 0. The summed E-state index contributed by atoms with van der Waals surface area (Å²) in [4.78, 5) is 17.6. The molecule has 6 nitrogen and oxygen atoms in total. The maximum absolute atomic E-state index is 11.1. The molecule has 0 aliphatic carbocycles. The average Bonchev–Trinajstić information content (AvgIpc) is 2.47. The summed E-state index contributed by atoms with van der Waals surface area (Å²) in [7, 11) is 0. The van der Waals surface area contributed by atoms with E-state index in [4.69, 9.17) is 5.53 Å². The number of hydrogen-bond acceptors (Lipinski definition) is 3. The van der Waals surface area contributed by atoms with E-state index in [1.165, 1.54) is 0 Å². The fourth-order valence-corrected chi connectivity index (χ4v) is 0.945. The number of esters is 1. The first-order valence-electron chi connectivity index (χ1n) is 3.48. The summed E-state index contributed by atoms with van der Waals surface area (Å²) in [6.45, 7) is 1.89. The number of amidine groups is 1. The van der Waals surface area contributed by atoms with Crippen molar-refractivity contribution in [1.82, 2.24) is 5.32 Å². The Labute approximate surface area is 79.2 Å². The predicted octanol–water partition coefficient (Wildman–Crippen LogP) is -0.493. The van der Waals surface area contributed by atoms with E-state index in [0.29, 0.717) is 0 Å².